The molecule has 0 unspecified atom stereocenters. The Morgan fingerprint density at radius 3 is 2.71 bits per heavy atom. The highest BCUT2D eigenvalue weighted by Crippen LogP contribution is 2.22. The zero-order valence-corrected chi connectivity index (χ0v) is 17.8. The lowest BCUT2D eigenvalue weighted by molar-refractivity contribution is 0.0220. The number of carbonyl (C=O) groups is 1. The van der Waals surface area contributed by atoms with E-state index in [0.717, 1.165) is 35.5 Å². The molecule has 0 saturated heterocycles. The third-order valence-electron chi connectivity index (χ3n) is 4.40. The number of aryl methyl sites for hydroxylation is 1. The van der Waals surface area contributed by atoms with Crippen molar-refractivity contribution in [2.24, 2.45) is 0 Å². The third-order valence-corrected chi connectivity index (χ3v) is 5.01. The van der Waals surface area contributed by atoms with Crippen LogP contribution in [-0.4, -0.2) is 45.1 Å². The molecular formula is C21H28N4O2S. The van der Waals surface area contributed by atoms with Crippen LogP contribution in [0.25, 0.3) is 0 Å². The predicted molar refractivity (Wildman–Crippen MR) is 114 cm³/mol. The summed E-state index contributed by atoms with van der Waals surface area (Å²) in [5.41, 5.74) is 3.72. The van der Waals surface area contributed by atoms with Crippen LogP contribution in [0.3, 0.4) is 0 Å². The van der Waals surface area contributed by atoms with E-state index in [2.05, 4.69) is 33.7 Å². The maximum absolute atomic E-state index is 12.3. The number of nitrogens with zero attached hydrogens (tertiary/aromatic N) is 3. The van der Waals surface area contributed by atoms with Gasteiger partial charge >= 0.3 is 6.09 Å². The first-order chi connectivity index (χ1) is 13.3. The highest BCUT2D eigenvalue weighted by Gasteiger charge is 2.26. The smallest absolute Gasteiger partial charge is 0.410 e. The molecule has 28 heavy (non-hydrogen) atoms. The lowest BCUT2D eigenvalue weighted by atomic mass is 10.1. The molecule has 7 heteroatoms. The summed E-state index contributed by atoms with van der Waals surface area (Å²) in [6.45, 7) is 6.68. The summed E-state index contributed by atoms with van der Waals surface area (Å²) in [4.78, 5) is 23.1. The van der Waals surface area contributed by atoms with Crippen LogP contribution in [0.1, 0.15) is 37.6 Å². The van der Waals surface area contributed by atoms with E-state index in [1.165, 1.54) is 5.56 Å². The SMILES string of the molecule is CSCCc1ccc(Nc2ncc3c(n2)CN(C(=O)OC(C)(C)C)CC3)cc1. The van der Waals surface area contributed by atoms with Gasteiger partial charge in [0.25, 0.3) is 0 Å². The maximum Gasteiger partial charge on any atom is 0.410 e. The quantitative estimate of drug-likeness (QED) is 0.801. The average Bonchev–Trinajstić information content (AvgIpc) is 2.65. The maximum atomic E-state index is 12.3. The number of rotatable bonds is 5. The molecule has 2 aromatic rings. The zero-order valence-electron chi connectivity index (χ0n) is 17.0. The van der Waals surface area contributed by atoms with Gasteiger partial charge in [-0.05, 0) is 68.9 Å². The van der Waals surface area contributed by atoms with Crippen LogP contribution >= 0.6 is 11.8 Å². The first-order valence-electron chi connectivity index (χ1n) is 9.52. The van der Waals surface area contributed by atoms with Crippen LogP contribution in [0.4, 0.5) is 16.4 Å². The summed E-state index contributed by atoms with van der Waals surface area (Å²) < 4.78 is 5.48. The van der Waals surface area contributed by atoms with Gasteiger partial charge in [-0.2, -0.15) is 11.8 Å². The van der Waals surface area contributed by atoms with Crippen molar-refractivity contribution in [2.75, 3.05) is 23.9 Å². The highest BCUT2D eigenvalue weighted by atomic mass is 32.2. The van der Waals surface area contributed by atoms with Crippen LogP contribution < -0.4 is 5.32 Å². The van der Waals surface area contributed by atoms with Crippen LogP contribution in [0, 0.1) is 0 Å². The molecule has 0 aliphatic carbocycles. The lowest BCUT2D eigenvalue weighted by Gasteiger charge is -2.30. The first kappa shape index (κ1) is 20.5. The molecule has 1 N–H and O–H groups in total. The molecule has 0 bridgehead atoms. The second-order valence-electron chi connectivity index (χ2n) is 7.88. The number of aromatic nitrogens is 2. The van der Waals surface area contributed by atoms with E-state index < -0.39 is 5.60 Å². The molecule has 0 spiro atoms. The third kappa shape index (κ3) is 5.61. The summed E-state index contributed by atoms with van der Waals surface area (Å²) in [6, 6.07) is 8.35. The van der Waals surface area contributed by atoms with Gasteiger partial charge in [0.2, 0.25) is 5.95 Å². The van der Waals surface area contributed by atoms with E-state index >= 15 is 0 Å². The Morgan fingerprint density at radius 1 is 1.29 bits per heavy atom. The van der Waals surface area contributed by atoms with Gasteiger partial charge in [0.1, 0.15) is 5.60 Å². The normalized spacial score (nSPS) is 13.8. The summed E-state index contributed by atoms with van der Waals surface area (Å²) in [6.07, 6.45) is 5.47. The zero-order chi connectivity index (χ0) is 20.1. The number of thioether (sulfide) groups is 1. The van der Waals surface area contributed by atoms with E-state index in [4.69, 9.17) is 4.74 Å². The van der Waals surface area contributed by atoms with Gasteiger partial charge < -0.3 is 15.0 Å². The van der Waals surface area contributed by atoms with Crippen molar-refractivity contribution in [3.05, 3.63) is 47.3 Å². The van der Waals surface area contributed by atoms with Crippen molar-refractivity contribution in [2.45, 2.75) is 45.8 Å². The molecule has 1 amide bonds. The van der Waals surface area contributed by atoms with Gasteiger partial charge in [-0.15, -0.1) is 0 Å². The lowest BCUT2D eigenvalue weighted by Crippen LogP contribution is -2.40. The number of benzene rings is 1. The van der Waals surface area contributed by atoms with Crippen molar-refractivity contribution in [1.29, 1.82) is 0 Å². The number of hydrogen-bond donors (Lipinski definition) is 1. The molecule has 0 radical (unpaired) electrons. The number of amides is 1. The van der Waals surface area contributed by atoms with Gasteiger partial charge in [0.15, 0.2) is 0 Å². The molecule has 0 fully saturated rings. The predicted octanol–water partition coefficient (Wildman–Crippen LogP) is 4.42. The summed E-state index contributed by atoms with van der Waals surface area (Å²) >= 11 is 1.85. The molecule has 3 rings (SSSR count). The molecule has 1 aromatic carbocycles. The summed E-state index contributed by atoms with van der Waals surface area (Å²) in [5.74, 6) is 1.66. The van der Waals surface area contributed by atoms with Crippen LogP contribution in [0.15, 0.2) is 30.5 Å². The van der Waals surface area contributed by atoms with Gasteiger partial charge in [0, 0.05) is 18.4 Å². The minimum absolute atomic E-state index is 0.299. The molecule has 2 heterocycles. The van der Waals surface area contributed by atoms with Crippen molar-refractivity contribution in [3.8, 4) is 0 Å². The second kappa shape index (κ2) is 8.82. The second-order valence-corrected chi connectivity index (χ2v) is 8.87. The van der Waals surface area contributed by atoms with Crippen LogP contribution in [-0.2, 0) is 24.1 Å². The van der Waals surface area contributed by atoms with Gasteiger partial charge in [-0.1, -0.05) is 12.1 Å². The number of nitrogens with one attached hydrogen (secondary N) is 1. The fourth-order valence-corrected chi connectivity index (χ4v) is 3.39. The first-order valence-corrected chi connectivity index (χ1v) is 10.9. The van der Waals surface area contributed by atoms with E-state index in [9.17, 15) is 4.79 Å². The fourth-order valence-electron chi connectivity index (χ4n) is 2.95. The molecule has 0 atom stereocenters. The van der Waals surface area contributed by atoms with E-state index in [1.807, 2.05) is 50.9 Å². The molecular weight excluding hydrogens is 372 g/mol. The molecule has 1 aliphatic rings. The van der Waals surface area contributed by atoms with Crippen molar-refractivity contribution >= 4 is 29.5 Å². The molecule has 1 aromatic heterocycles. The Labute approximate surface area is 171 Å². The van der Waals surface area contributed by atoms with Crippen LogP contribution in [0.2, 0.25) is 0 Å². The molecule has 150 valence electrons. The van der Waals surface area contributed by atoms with Gasteiger partial charge in [0.05, 0.1) is 12.2 Å². The molecule has 0 saturated carbocycles. The number of ether oxygens (including phenoxy) is 1. The monoisotopic (exact) mass is 400 g/mol. The minimum atomic E-state index is -0.502. The fraction of sp³-hybridized carbons (Fsp3) is 0.476. The highest BCUT2D eigenvalue weighted by molar-refractivity contribution is 7.98. The van der Waals surface area contributed by atoms with Crippen LogP contribution in [0.5, 0.6) is 0 Å². The Bertz CT molecular complexity index is 818. The molecule has 6 nitrogen and oxygen atoms in total. The number of anilines is 2. The van der Waals surface area contributed by atoms with Gasteiger partial charge in [-0.3, -0.25) is 0 Å². The summed E-state index contributed by atoms with van der Waals surface area (Å²) in [7, 11) is 0. The van der Waals surface area contributed by atoms with Gasteiger partial charge in [-0.25, -0.2) is 14.8 Å². The Hall–Kier alpha value is -2.28. The number of fused-ring (bicyclic) bond motifs is 1. The standard InChI is InChI=1S/C21H28N4O2S/c1-21(2,3)27-20(26)25-11-9-16-13-22-19(24-18(16)14-25)23-17-7-5-15(6-8-17)10-12-28-4/h5-8,13H,9-12,14H2,1-4H3,(H,22,23,24). The van der Waals surface area contributed by atoms with E-state index in [0.29, 0.717) is 19.0 Å². The minimum Gasteiger partial charge on any atom is -0.444 e. The number of hydrogen-bond acceptors (Lipinski definition) is 6. The number of carbonyl (C=O) groups excluding carboxylic acids is 1. The topological polar surface area (TPSA) is 67.4 Å². The average molecular weight is 401 g/mol. The van der Waals surface area contributed by atoms with Crippen molar-refractivity contribution in [3.63, 3.8) is 0 Å². The Morgan fingerprint density at radius 2 is 2.04 bits per heavy atom. The Kier molecular flexibility index (Phi) is 6.44. The largest absolute Gasteiger partial charge is 0.444 e. The van der Waals surface area contributed by atoms with E-state index in [1.54, 1.807) is 4.90 Å². The summed E-state index contributed by atoms with van der Waals surface area (Å²) in [5, 5.41) is 3.26. The van der Waals surface area contributed by atoms with Crippen molar-refractivity contribution in [1.82, 2.24) is 14.9 Å². The Balaban J connectivity index is 1.66. The molecule has 1 aliphatic heterocycles. The van der Waals surface area contributed by atoms with E-state index in [-0.39, 0.29) is 6.09 Å². The van der Waals surface area contributed by atoms with Crippen molar-refractivity contribution < 1.29 is 9.53 Å².